The lowest BCUT2D eigenvalue weighted by molar-refractivity contribution is 0.0618. The van der Waals surface area contributed by atoms with Crippen molar-refractivity contribution < 1.29 is 9.84 Å². The van der Waals surface area contributed by atoms with Gasteiger partial charge >= 0.3 is 0 Å². The molecule has 0 radical (unpaired) electrons. The molecule has 238 valence electrons. The lowest BCUT2D eigenvalue weighted by atomic mass is 9.71. The second-order valence-corrected chi connectivity index (χ2v) is 12.9. The number of anilines is 3. The van der Waals surface area contributed by atoms with E-state index in [1.165, 1.54) is 49.1 Å². The number of aromatic nitrogens is 5. The van der Waals surface area contributed by atoms with Crippen molar-refractivity contribution in [2.24, 2.45) is 5.41 Å². The highest BCUT2D eigenvalue weighted by molar-refractivity contribution is 5.77. The fourth-order valence-corrected chi connectivity index (χ4v) is 6.59. The Bertz CT molecular complexity index is 1690. The summed E-state index contributed by atoms with van der Waals surface area (Å²) in [6, 6.07) is 13.7. The largest absolute Gasteiger partial charge is 0.384 e. The predicted molar refractivity (Wildman–Crippen MR) is 178 cm³/mol. The van der Waals surface area contributed by atoms with E-state index in [4.69, 9.17) is 9.72 Å². The number of hydrogen-bond acceptors (Lipinski definition) is 9. The molecular formula is C34H44N8O3. The molecule has 0 amide bonds. The Morgan fingerprint density at radius 3 is 2.42 bits per heavy atom. The first-order valence-corrected chi connectivity index (χ1v) is 15.8. The Labute approximate surface area is 264 Å². The first-order chi connectivity index (χ1) is 21.7. The van der Waals surface area contributed by atoms with E-state index in [0.29, 0.717) is 33.9 Å². The van der Waals surface area contributed by atoms with Gasteiger partial charge in [-0.1, -0.05) is 12.1 Å². The minimum absolute atomic E-state index is 0.240. The number of rotatable bonds is 10. The lowest BCUT2D eigenvalue weighted by Gasteiger charge is -2.47. The van der Waals surface area contributed by atoms with Gasteiger partial charge < -0.3 is 25.0 Å². The SMILES string of the molecule is C=CCn1c(=O)c2cnc(Nc3ccc(N4CCC5(CCN(CCOC)CC5)CC4)cc3)nc2n1-c1cccc(C(C)(C)O)n1. The van der Waals surface area contributed by atoms with Crippen LogP contribution in [-0.2, 0) is 16.9 Å². The van der Waals surface area contributed by atoms with E-state index >= 15 is 0 Å². The number of aliphatic hydroxyl groups is 1. The molecule has 4 aromatic rings. The Hall–Kier alpha value is -4.06. The summed E-state index contributed by atoms with van der Waals surface area (Å²) in [5, 5.41) is 14.2. The zero-order chi connectivity index (χ0) is 31.6. The average Bonchev–Trinajstić information content (AvgIpc) is 3.31. The van der Waals surface area contributed by atoms with Crippen LogP contribution in [0.3, 0.4) is 0 Å². The lowest BCUT2D eigenvalue weighted by Crippen LogP contribution is -2.47. The van der Waals surface area contributed by atoms with Crippen LogP contribution in [-0.4, -0.2) is 80.8 Å². The van der Waals surface area contributed by atoms with E-state index in [1.807, 2.05) is 12.1 Å². The third-order valence-corrected chi connectivity index (χ3v) is 9.40. The fraction of sp³-hybridized carbons (Fsp3) is 0.471. The number of fused-ring (bicyclic) bond motifs is 1. The summed E-state index contributed by atoms with van der Waals surface area (Å²) >= 11 is 0. The van der Waals surface area contributed by atoms with Crippen LogP contribution < -0.4 is 15.8 Å². The van der Waals surface area contributed by atoms with Crippen LogP contribution in [0.25, 0.3) is 16.9 Å². The number of allylic oxidation sites excluding steroid dienone is 1. The molecule has 2 N–H and O–H groups in total. The van der Waals surface area contributed by atoms with Gasteiger partial charge in [-0.15, -0.1) is 6.58 Å². The van der Waals surface area contributed by atoms with Crippen molar-refractivity contribution in [3.8, 4) is 5.82 Å². The standard InChI is InChI=1S/C34H44N8O3/c1-5-17-41-31(43)27-24-35-32(38-30(27)42(41)29-8-6-7-28(37-29)33(2,3)44)36-25-9-11-26(12-10-25)40-20-15-34(16-21-40)13-18-39(19-14-34)22-23-45-4/h5-12,24,44H,1,13-23H2,2-4H3,(H,35,36,38). The monoisotopic (exact) mass is 612 g/mol. The molecular weight excluding hydrogens is 568 g/mol. The van der Waals surface area contributed by atoms with Crippen LogP contribution in [0.5, 0.6) is 0 Å². The number of hydrogen-bond donors (Lipinski definition) is 2. The normalized spacial score (nSPS) is 17.2. The highest BCUT2D eigenvalue weighted by Gasteiger charge is 2.37. The third-order valence-electron chi connectivity index (χ3n) is 9.40. The number of benzene rings is 1. The van der Waals surface area contributed by atoms with Crippen molar-refractivity contribution in [3.05, 3.63) is 77.4 Å². The van der Waals surface area contributed by atoms with E-state index in [2.05, 4.69) is 43.8 Å². The molecule has 1 spiro atoms. The summed E-state index contributed by atoms with van der Waals surface area (Å²) in [5.41, 5.74) is 2.08. The first kappa shape index (κ1) is 30.9. The van der Waals surface area contributed by atoms with Crippen molar-refractivity contribution >= 4 is 28.4 Å². The molecule has 2 aliphatic heterocycles. The van der Waals surface area contributed by atoms with Gasteiger partial charge in [-0.3, -0.25) is 4.79 Å². The number of nitrogens with one attached hydrogen (secondary N) is 1. The number of methoxy groups -OCH3 is 1. The van der Waals surface area contributed by atoms with E-state index in [-0.39, 0.29) is 12.1 Å². The van der Waals surface area contributed by atoms with Gasteiger partial charge in [-0.2, -0.15) is 4.98 Å². The molecule has 0 atom stereocenters. The Balaban J connectivity index is 1.17. The molecule has 2 fully saturated rings. The molecule has 2 aliphatic rings. The maximum absolute atomic E-state index is 13.3. The molecule has 3 aromatic heterocycles. The fourth-order valence-electron chi connectivity index (χ4n) is 6.59. The summed E-state index contributed by atoms with van der Waals surface area (Å²) in [6.45, 7) is 13.8. The summed E-state index contributed by atoms with van der Waals surface area (Å²) in [7, 11) is 1.78. The number of likely N-dealkylation sites (tertiary alicyclic amines) is 1. The highest BCUT2D eigenvalue weighted by atomic mass is 16.5. The summed E-state index contributed by atoms with van der Waals surface area (Å²) < 4.78 is 8.45. The molecule has 0 unspecified atom stereocenters. The number of nitrogens with zero attached hydrogens (tertiary/aromatic N) is 7. The quantitative estimate of drug-likeness (QED) is 0.251. The molecule has 0 saturated carbocycles. The van der Waals surface area contributed by atoms with Crippen molar-refractivity contribution in [1.29, 1.82) is 0 Å². The van der Waals surface area contributed by atoms with Gasteiger partial charge in [0.25, 0.3) is 5.56 Å². The van der Waals surface area contributed by atoms with Crippen molar-refractivity contribution in [2.75, 3.05) is 56.7 Å². The van der Waals surface area contributed by atoms with Gasteiger partial charge in [0.15, 0.2) is 11.5 Å². The second kappa shape index (κ2) is 12.7. The minimum atomic E-state index is -1.14. The van der Waals surface area contributed by atoms with Crippen LogP contribution in [0.2, 0.25) is 0 Å². The predicted octanol–water partition coefficient (Wildman–Crippen LogP) is 4.46. The number of ether oxygens (including phenoxy) is 1. The first-order valence-electron chi connectivity index (χ1n) is 15.8. The molecule has 1 aromatic carbocycles. The molecule has 0 bridgehead atoms. The van der Waals surface area contributed by atoms with Gasteiger partial charge in [0, 0.05) is 44.3 Å². The maximum atomic E-state index is 13.3. The zero-order valence-electron chi connectivity index (χ0n) is 26.6. The van der Waals surface area contributed by atoms with Crippen LogP contribution >= 0.6 is 0 Å². The van der Waals surface area contributed by atoms with Gasteiger partial charge in [-0.25, -0.2) is 19.3 Å². The average molecular weight is 613 g/mol. The van der Waals surface area contributed by atoms with E-state index < -0.39 is 5.60 Å². The number of pyridine rings is 1. The molecule has 5 heterocycles. The van der Waals surface area contributed by atoms with Gasteiger partial charge in [0.2, 0.25) is 5.95 Å². The Morgan fingerprint density at radius 1 is 1.04 bits per heavy atom. The maximum Gasteiger partial charge on any atom is 0.278 e. The Kier molecular flexibility index (Phi) is 8.76. The summed E-state index contributed by atoms with van der Waals surface area (Å²) in [4.78, 5) is 32.2. The molecule has 11 nitrogen and oxygen atoms in total. The zero-order valence-corrected chi connectivity index (χ0v) is 26.6. The van der Waals surface area contributed by atoms with Gasteiger partial charge in [0.05, 0.1) is 18.8 Å². The van der Waals surface area contributed by atoms with Crippen molar-refractivity contribution in [1.82, 2.24) is 29.2 Å². The van der Waals surface area contributed by atoms with Gasteiger partial charge in [0.1, 0.15) is 11.0 Å². The molecule has 11 heteroatoms. The number of piperidine rings is 2. The third kappa shape index (κ3) is 6.51. The molecule has 2 saturated heterocycles. The Morgan fingerprint density at radius 2 is 1.76 bits per heavy atom. The second-order valence-electron chi connectivity index (χ2n) is 12.9. The van der Waals surface area contributed by atoms with Crippen LogP contribution in [0, 0.1) is 5.41 Å². The van der Waals surface area contributed by atoms with Crippen molar-refractivity contribution in [3.63, 3.8) is 0 Å². The highest BCUT2D eigenvalue weighted by Crippen LogP contribution is 2.42. The summed E-state index contributed by atoms with van der Waals surface area (Å²) in [6.07, 6.45) is 8.23. The smallest absolute Gasteiger partial charge is 0.278 e. The van der Waals surface area contributed by atoms with Crippen LogP contribution in [0.1, 0.15) is 45.2 Å². The van der Waals surface area contributed by atoms with Crippen LogP contribution in [0.15, 0.2) is 66.1 Å². The van der Waals surface area contributed by atoms with Crippen molar-refractivity contribution in [2.45, 2.75) is 51.7 Å². The minimum Gasteiger partial charge on any atom is -0.384 e. The summed E-state index contributed by atoms with van der Waals surface area (Å²) in [5.74, 6) is 0.840. The molecule has 45 heavy (non-hydrogen) atoms. The topological polar surface area (TPSA) is 114 Å². The van der Waals surface area contributed by atoms with E-state index in [9.17, 15) is 9.90 Å². The van der Waals surface area contributed by atoms with E-state index in [1.54, 1.807) is 56.1 Å². The molecule has 0 aliphatic carbocycles. The van der Waals surface area contributed by atoms with Gasteiger partial charge in [-0.05, 0) is 94.4 Å². The van der Waals surface area contributed by atoms with E-state index in [0.717, 1.165) is 31.9 Å². The van der Waals surface area contributed by atoms with Crippen LogP contribution in [0.4, 0.5) is 17.3 Å². The molecule has 6 rings (SSSR count).